The molecule has 1 heterocycles. The van der Waals surface area contributed by atoms with Crippen molar-refractivity contribution < 1.29 is 32.4 Å². The number of sulfonamides is 1. The summed E-state index contributed by atoms with van der Waals surface area (Å²) in [7, 11) is 0.643. The van der Waals surface area contributed by atoms with Crippen LogP contribution in [0.15, 0.2) is 65.6 Å². The maximum atomic E-state index is 13.6. The van der Waals surface area contributed by atoms with E-state index in [-0.39, 0.29) is 22.9 Å². The van der Waals surface area contributed by atoms with E-state index in [9.17, 15) is 28.1 Å². The number of anilines is 2. The predicted molar refractivity (Wildman–Crippen MR) is 179 cm³/mol. The Balaban J connectivity index is 1.39. The van der Waals surface area contributed by atoms with Crippen molar-refractivity contribution in [2.75, 3.05) is 63.6 Å². The summed E-state index contributed by atoms with van der Waals surface area (Å²) in [5.74, 6) is 0.392. The number of nitrogens with zero attached hydrogens (tertiary/aromatic N) is 4. The molecule has 0 radical (unpaired) electrons. The van der Waals surface area contributed by atoms with Crippen LogP contribution in [0, 0.1) is 17.0 Å². The minimum atomic E-state index is -4.35. The molecule has 4 rings (SSSR count). The number of piperazine rings is 1. The highest BCUT2D eigenvalue weighted by Gasteiger charge is 2.27. The van der Waals surface area contributed by atoms with Crippen molar-refractivity contribution in [2.24, 2.45) is 0 Å². The van der Waals surface area contributed by atoms with Crippen LogP contribution in [0.1, 0.15) is 41.6 Å². The average molecular weight is 668 g/mol. The zero-order valence-corrected chi connectivity index (χ0v) is 27.9. The number of hydrogen-bond acceptors (Lipinski definition) is 9. The highest BCUT2D eigenvalue weighted by molar-refractivity contribution is 7.92. The number of aryl methyl sites for hydroxylation is 1. The van der Waals surface area contributed by atoms with Crippen LogP contribution in [0.2, 0.25) is 0 Å². The molecule has 0 bridgehead atoms. The molecule has 1 N–H and O–H groups in total. The number of unbranched alkanes of at least 4 members (excludes halogenated alkanes) is 2. The van der Waals surface area contributed by atoms with Crippen LogP contribution >= 0.6 is 0 Å². The van der Waals surface area contributed by atoms with Crippen molar-refractivity contribution in [3.8, 4) is 11.5 Å². The third-order valence-corrected chi connectivity index (χ3v) is 9.39. The van der Waals surface area contributed by atoms with Crippen LogP contribution in [0.4, 0.5) is 17.1 Å². The van der Waals surface area contributed by atoms with Gasteiger partial charge in [-0.05, 0) is 75.2 Å². The largest absolute Gasteiger partial charge is 0.495 e. The molecule has 252 valence electrons. The minimum absolute atomic E-state index is 0.00875. The topological polar surface area (TPSA) is 152 Å². The van der Waals surface area contributed by atoms with Crippen molar-refractivity contribution in [1.82, 2.24) is 9.80 Å². The number of amides is 2. The van der Waals surface area contributed by atoms with Crippen molar-refractivity contribution in [3.05, 3.63) is 81.9 Å². The van der Waals surface area contributed by atoms with E-state index in [0.29, 0.717) is 24.5 Å². The van der Waals surface area contributed by atoms with Gasteiger partial charge in [0.25, 0.3) is 21.6 Å². The molecule has 3 aromatic rings. The van der Waals surface area contributed by atoms with Gasteiger partial charge in [0.05, 0.1) is 30.0 Å². The predicted octanol–water partition coefficient (Wildman–Crippen LogP) is 4.70. The number of rotatable bonds is 14. The number of ether oxygens (including phenoxy) is 2. The fourth-order valence-electron chi connectivity index (χ4n) is 5.21. The third kappa shape index (κ3) is 8.98. The number of para-hydroxylation sites is 1. The first-order chi connectivity index (χ1) is 22.4. The molecule has 0 aliphatic carbocycles. The Kier molecular flexibility index (Phi) is 11.8. The van der Waals surface area contributed by atoms with Crippen molar-refractivity contribution in [1.29, 1.82) is 0 Å². The van der Waals surface area contributed by atoms with Crippen molar-refractivity contribution in [2.45, 2.75) is 37.5 Å². The van der Waals surface area contributed by atoms with Gasteiger partial charge in [-0.15, -0.1) is 0 Å². The lowest BCUT2D eigenvalue weighted by Gasteiger charge is -2.32. The van der Waals surface area contributed by atoms with E-state index in [1.165, 1.54) is 42.3 Å². The zero-order chi connectivity index (χ0) is 34.1. The Morgan fingerprint density at radius 1 is 0.979 bits per heavy atom. The Labute approximate surface area is 275 Å². The molecule has 1 saturated heterocycles. The zero-order valence-electron chi connectivity index (χ0n) is 27.1. The van der Waals surface area contributed by atoms with Gasteiger partial charge in [-0.1, -0.05) is 18.2 Å². The molecule has 13 nitrogen and oxygen atoms in total. The normalized spacial score (nSPS) is 13.6. The Hall–Kier alpha value is -4.69. The van der Waals surface area contributed by atoms with E-state index in [0.717, 1.165) is 63.1 Å². The van der Waals surface area contributed by atoms with Gasteiger partial charge in [0.2, 0.25) is 5.91 Å². The highest BCUT2D eigenvalue weighted by Crippen LogP contribution is 2.33. The number of likely N-dealkylation sites (N-methyl/N-ethyl adjacent to an activating group) is 1. The van der Waals surface area contributed by atoms with Crippen molar-refractivity contribution in [3.63, 3.8) is 0 Å². The summed E-state index contributed by atoms with van der Waals surface area (Å²) in [6.07, 6.45) is 2.89. The molecule has 0 atom stereocenters. The molecule has 0 unspecified atom stereocenters. The van der Waals surface area contributed by atoms with Gasteiger partial charge in [0.15, 0.2) is 4.90 Å². The number of methoxy groups -OCH3 is 1. The minimum Gasteiger partial charge on any atom is -0.495 e. The number of benzene rings is 3. The number of carbonyl (C=O) groups excluding carboxylic acids is 2. The second-order valence-corrected chi connectivity index (χ2v) is 13.1. The van der Waals surface area contributed by atoms with Crippen LogP contribution < -0.4 is 19.1 Å². The molecule has 47 heavy (non-hydrogen) atoms. The lowest BCUT2D eigenvalue weighted by atomic mass is 10.1. The second-order valence-electron chi connectivity index (χ2n) is 11.4. The van der Waals surface area contributed by atoms with E-state index in [1.807, 2.05) is 24.0 Å². The molecule has 2 amide bonds. The molecular weight excluding hydrogens is 626 g/mol. The number of nitro benzene ring substituents is 1. The van der Waals surface area contributed by atoms with Crippen molar-refractivity contribution >= 4 is 38.9 Å². The van der Waals surface area contributed by atoms with E-state index in [2.05, 4.69) is 16.7 Å². The van der Waals surface area contributed by atoms with Gasteiger partial charge in [-0.2, -0.15) is 0 Å². The number of hydrogen-bond donors (Lipinski definition) is 1. The quantitative estimate of drug-likeness (QED) is 0.147. The van der Waals surface area contributed by atoms with Crippen LogP contribution in [-0.4, -0.2) is 88.9 Å². The molecule has 0 saturated carbocycles. The van der Waals surface area contributed by atoms with E-state index in [1.54, 1.807) is 13.1 Å². The van der Waals surface area contributed by atoms with E-state index >= 15 is 0 Å². The first-order valence-electron chi connectivity index (χ1n) is 15.3. The van der Waals surface area contributed by atoms with Gasteiger partial charge < -0.3 is 24.2 Å². The van der Waals surface area contributed by atoms with Crippen LogP contribution in [0.25, 0.3) is 0 Å². The van der Waals surface area contributed by atoms with Crippen LogP contribution in [0.3, 0.4) is 0 Å². The highest BCUT2D eigenvalue weighted by atomic mass is 32.2. The first kappa shape index (κ1) is 35.2. The first-order valence-corrected chi connectivity index (χ1v) is 16.8. The fraction of sp³-hybridized carbons (Fsp3) is 0.394. The maximum absolute atomic E-state index is 13.6. The Morgan fingerprint density at radius 3 is 2.40 bits per heavy atom. The smallest absolute Gasteiger partial charge is 0.289 e. The molecular formula is C33H41N5O8S. The Morgan fingerprint density at radius 2 is 1.70 bits per heavy atom. The summed E-state index contributed by atoms with van der Waals surface area (Å²) in [4.78, 5) is 41.8. The number of nitrogens with one attached hydrogen (secondary N) is 1. The summed E-state index contributed by atoms with van der Waals surface area (Å²) in [5, 5.41) is 11.4. The molecule has 1 aliphatic heterocycles. The van der Waals surface area contributed by atoms with Crippen LogP contribution in [-0.2, 0) is 14.8 Å². The average Bonchev–Trinajstić information content (AvgIpc) is 3.06. The summed E-state index contributed by atoms with van der Waals surface area (Å²) < 4.78 is 39.9. The number of carbonyl (C=O) groups is 2. The summed E-state index contributed by atoms with van der Waals surface area (Å²) in [6.45, 7) is 5.70. The number of nitro groups is 1. The third-order valence-electron chi connectivity index (χ3n) is 7.97. The fourth-order valence-corrected chi connectivity index (χ4v) is 6.46. The van der Waals surface area contributed by atoms with Gasteiger partial charge in [-0.25, -0.2) is 8.42 Å². The van der Waals surface area contributed by atoms with Crippen LogP contribution in [0.5, 0.6) is 11.5 Å². The lowest BCUT2D eigenvalue weighted by molar-refractivity contribution is -0.387. The monoisotopic (exact) mass is 667 g/mol. The molecule has 3 aromatic carbocycles. The molecule has 14 heteroatoms. The maximum Gasteiger partial charge on any atom is 0.289 e. The van der Waals surface area contributed by atoms with Gasteiger partial charge in [0, 0.05) is 51.3 Å². The summed E-state index contributed by atoms with van der Waals surface area (Å²) >= 11 is 0. The standard InChI is InChI=1S/C33H41N5O8S/c1-24-13-16-27(30(22-24)46-21-9-5-6-12-32(39)37-19-17-35(2)18-20-37)36(3)33(40)25-14-15-26(29(23-25)45-4)34-47(43,44)31-11-8-7-10-28(31)38(41)42/h7-8,10-11,13-16,22-23,34H,5-6,9,12,17-21H2,1-4H3. The Bertz CT molecular complexity index is 1710. The van der Waals surface area contributed by atoms with E-state index < -0.39 is 31.4 Å². The lowest BCUT2D eigenvalue weighted by Crippen LogP contribution is -2.47. The molecule has 1 aliphatic rings. The summed E-state index contributed by atoms with van der Waals surface area (Å²) in [5.41, 5.74) is 1.16. The molecule has 0 spiro atoms. The SMILES string of the molecule is COc1cc(C(=O)N(C)c2ccc(C)cc2OCCCCCC(=O)N2CCN(C)CC2)ccc1NS(=O)(=O)c1ccccc1[N+](=O)[O-]. The van der Waals surface area contributed by atoms with Gasteiger partial charge >= 0.3 is 0 Å². The molecule has 1 fully saturated rings. The summed E-state index contributed by atoms with van der Waals surface area (Å²) in [6, 6.07) is 14.7. The van der Waals surface area contributed by atoms with Gasteiger partial charge in [-0.3, -0.25) is 24.4 Å². The molecule has 0 aromatic heterocycles. The van der Waals surface area contributed by atoms with E-state index in [4.69, 9.17) is 9.47 Å². The van der Waals surface area contributed by atoms with Gasteiger partial charge in [0.1, 0.15) is 11.5 Å². The second kappa shape index (κ2) is 15.7.